The number of nitrogens with zero attached hydrogens (tertiary/aromatic N) is 2. The maximum Gasteiger partial charge on any atom is 0.233 e. The molecule has 0 aliphatic rings. The first kappa shape index (κ1) is 16.7. The topological polar surface area (TPSA) is 70.7 Å². The molecule has 8 heteroatoms. The molecule has 2 N–H and O–H groups in total. The second-order valence-electron chi connectivity index (χ2n) is 5.05. The fraction of sp³-hybridized carbons (Fsp3) is 0.188. The van der Waals surface area contributed by atoms with Crippen LogP contribution in [0.5, 0.6) is 0 Å². The number of carbonyl (C=O) groups is 1. The summed E-state index contributed by atoms with van der Waals surface area (Å²) in [4.78, 5) is 17.5. The molecule has 2 heterocycles. The summed E-state index contributed by atoms with van der Waals surface area (Å²) in [6.07, 6.45) is 0. The summed E-state index contributed by atoms with van der Waals surface area (Å²) in [6.45, 7) is 2.16. The largest absolute Gasteiger partial charge is 0.351 e. The number of hydrogen-bond donors (Lipinski definition) is 2. The Bertz CT molecular complexity index is 802. The molecule has 0 saturated heterocycles. The van der Waals surface area contributed by atoms with Crippen LogP contribution in [0.4, 0.5) is 4.39 Å². The van der Waals surface area contributed by atoms with Crippen molar-refractivity contribution in [2.24, 2.45) is 0 Å². The smallest absolute Gasteiger partial charge is 0.233 e. The van der Waals surface area contributed by atoms with Crippen molar-refractivity contribution in [3.63, 3.8) is 0 Å². The van der Waals surface area contributed by atoms with E-state index in [9.17, 15) is 9.18 Å². The Hall–Kier alpha value is -2.19. The highest BCUT2D eigenvalue weighted by molar-refractivity contribution is 8.00. The lowest BCUT2D eigenvalue weighted by Gasteiger charge is -2.10. The monoisotopic (exact) mass is 362 g/mol. The van der Waals surface area contributed by atoms with Gasteiger partial charge in [0, 0.05) is 6.54 Å². The number of amides is 1. The molecule has 2 aromatic heterocycles. The minimum Gasteiger partial charge on any atom is -0.351 e. The van der Waals surface area contributed by atoms with E-state index in [-0.39, 0.29) is 17.0 Å². The van der Waals surface area contributed by atoms with Gasteiger partial charge in [0.2, 0.25) is 11.1 Å². The highest BCUT2D eigenvalue weighted by Crippen LogP contribution is 2.25. The summed E-state index contributed by atoms with van der Waals surface area (Å²) in [7, 11) is 0. The Balaban J connectivity index is 1.53. The lowest BCUT2D eigenvalue weighted by Crippen LogP contribution is -2.30. The molecule has 0 unspecified atom stereocenters. The molecular weight excluding hydrogens is 347 g/mol. The first-order valence-electron chi connectivity index (χ1n) is 7.27. The molecule has 0 spiro atoms. The Morgan fingerprint density at radius 3 is 2.88 bits per heavy atom. The average Bonchev–Trinajstić information content (AvgIpc) is 3.25. The number of halogens is 1. The zero-order valence-electron chi connectivity index (χ0n) is 12.8. The van der Waals surface area contributed by atoms with Gasteiger partial charge in [-0.15, -0.1) is 16.4 Å². The molecule has 0 radical (unpaired) electrons. The normalized spacial score (nSPS) is 12.1. The first-order valence-corrected chi connectivity index (χ1v) is 9.03. The van der Waals surface area contributed by atoms with Gasteiger partial charge in [0.05, 0.1) is 10.1 Å². The van der Waals surface area contributed by atoms with Crippen molar-refractivity contribution in [2.45, 2.75) is 23.9 Å². The number of thiophene rings is 1. The molecule has 1 amide bonds. The van der Waals surface area contributed by atoms with Crippen molar-refractivity contribution in [3.05, 3.63) is 53.2 Å². The van der Waals surface area contributed by atoms with E-state index in [0.717, 1.165) is 10.4 Å². The van der Waals surface area contributed by atoms with Crippen LogP contribution in [0.15, 0.2) is 46.9 Å². The zero-order valence-corrected chi connectivity index (χ0v) is 14.5. The first-order chi connectivity index (χ1) is 11.6. The standard InChI is InChI=1S/C16H15FN4OS2/c1-10(15(22)18-9-11-4-6-12(17)7-5-11)24-16-19-14(20-21-16)13-3-2-8-23-13/h2-8,10H,9H2,1H3,(H,18,22)(H,19,20,21)/t10-/m1/s1. The van der Waals surface area contributed by atoms with Gasteiger partial charge >= 0.3 is 0 Å². The minimum absolute atomic E-state index is 0.119. The van der Waals surface area contributed by atoms with Crippen molar-refractivity contribution >= 4 is 29.0 Å². The van der Waals surface area contributed by atoms with Gasteiger partial charge in [-0.3, -0.25) is 9.89 Å². The molecular formula is C16H15FN4OS2. The van der Waals surface area contributed by atoms with Gasteiger partial charge in [0.25, 0.3) is 0 Å². The molecule has 0 aliphatic heterocycles. The van der Waals surface area contributed by atoms with Crippen LogP contribution < -0.4 is 5.32 Å². The maximum atomic E-state index is 12.9. The summed E-state index contributed by atoms with van der Waals surface area (Å²) in [5.74, 6) is 0.290. The lowest BCUT2D eigenvalue weighted by molar-refractivity contribution is -0.120. The van der Waals surface area contributed by atoms with Gasteiger partial charge in [-0.05, 0) is 36.1 Å². The van der Waals surface area contributed by atoms with E-state index in [1.807, 2.05) is 17.5 Å². The van der Waals surface area contributed by atoms with E-state index in [0.29, 0.717) is 17.5 Å². The third kappa shape index (κ3) is 4.21. The number of carbonyl (C=O) groups excluding carboxylic acids is 1. The Morgan fingerprint density at radius 2 is 2.17 bits per heavy atom. The molecule has 1 atom stereocenters. The minimum atomic E-state index is -0.336. The van der Waals surface area contributed by atoms with Gasteiger partial charge in [0.15, 0.2) is 5.82 Å². The summed E-state index contributed by atoms with van der Waals surface area (Å²) in [6, 6.07) is 9.95. The van der Waals surface area contributed by atoms with Crippen molar-refractivity contribution < 1.29 is 9.18 Å². The molecule has 0 bridgehead atoms. The van der Waals surface area contributed by atoms with Crippen LogP contribution in [0.3, 0.4) is 0 Å². The fourth-order valence-electron chi connectivity index (χ4n) is 1.97. The summed E-state index contributed by atoms with van der Waals surface area (Å²) in [5, 5.41) is 12.0. The van der Waals surface area contributed by atoms with Crippen LogP contribution in [-0.2, 0) is 11.3 Å². The van der Waals surface area contributed by atoms with E-state index < -0.39 is 0 Å². The van der Waals surface area contributed by atoms with E-state index in [1.54, 1.807) is 30.4 Å². The highest BCUT2D eigenvalue weighted by Gasteiger charge is 2.17. The summed E-state index contributed by atoms with van der Waals surface area (Å²) >= 11 is 2.86. The van der Waals surface area contributed by atoms with Crippen LogP contribution in [0.1, 0.15) is 12.5 Å². The molecule has 0 aliphatic carbocycles. The molecule has 1 aromatic carbocycles. The lowest BCUT2D eigenvalue weighted by atomic mass is 10.2. The van der Waals surface area contributed by atoms with Crippen molar-refractivity contribution in [3.8, 4) is 10.7 Å². The van der Waals surface area contributed by atoms with Gasteiger partial charge in [0.1, 0.15) is 5.82 Å². The number of hydrogen-bond acceptors (Lipinski definition) is 5. The second-order valence-corrected chi connectivity index (χ2v) is 7.30. The number of benzene rings is 1. The summed E-state index contributed by atoms with van der Waals surface area (Å²) < 4.78 is 12.9. The Kier molecular flexibility index (Phi) is 5.27. The van der Waals surface area contributed by atoms with Crippen LogP contribution in [0.2, 0.25) is 0 Å². The summed E-state index contributed by atoms with van der Waals surface area (Å²) in [5.41, 5.74) is 0.847. The van der Waals surface area contributed by atoms with Crippen molar-refractivity contribution in [2.75, 3.05) is 0 Å². The number of thioether (sulfide) groups is 1. The number of nitrogens with one attached hydrogen (secondary N) is 2. The van der Waals surface area contributed by atoms with Crippen LogP contribution in [0, 0.1) is 5.82 Å². The molecule has 0 saturated carbocycles. The molecule has 0 fully saturated rings. The highest BCUT2D eigenvalue weighted by atomic mass is 32.2. The zero-order chi connectivity index (χ0) is 16.9. The van der Waals surface area contributed by atoms with Crippen LogP contribution >= 0.6 is 23.1 Å². The average molecular weight is 362 g/mol. The molecule has 5 nitrogen and oxygen atoms in total. The van der Waals surface area contributed by atoms with Crippen LogP contribution in [0.25, 0.3) is 10.7 Å². The predicted octanol–water partition coefficient (Wildman–Crippen LogP) is 3.47. The van der Waals surface area contributed by atoms with Crippen molar-refractivity contribution in [1.29, 1.82) is 0 Å². The molecule has 3 rings (SSSR count). The van der Waals surface area contributed by atoms with E-state index in [1.165, 1.54) is 23.9 Å². The number of rotatable bonds is 6. The van der Waals surface area contributed by atoms with Gasteiger partial charge in [-0.1, -0.05) is 30.0 Å². The van der Waals surface area contributed by atoms with Gasteiger partial charge in [-0.25, -0.2) is 9.37 Å². The third-order valence-corrected chi connectivity index (χ3v) is 5.09. The Morgan fingerprint density at radius 1 is 1.38 bits per heavy atom. The number of aromatic nitrogens is 3. The Labute approximate surface area is 146 Å². The number of aromatic amines is 1. The third-order valence-electron chi connectivity index (χ3n) is 3.25. The van der Waals surface area contributed by atoms with Crippen LogP contribution in [-0.4, -0.2) is 26.3 Å². The van der Waals surface area contributed by atoms with Crippen molar-refractivity contribution in [1.82, 2.24) is 20.5 Å². The number of H-pyrrole nitrogens is 1. The van der Waals surface area contributed by atoms with E-state index >= 15 is 0 Å². The SMILES string of the molecule is C[C@@H](Sc1n[nH]c(-c2cccs2)n1)C(=O)NCc1ccc(F)cc1. The maximum absolute atomic E-state index is 12.9. The van der Waals surface area contributed by atoms with E-state index in [4.69, 9.17) is 0 Å². The molecule has 24 heavy (non-hydrogen) atoms. The molecule has 124 valence electrons. The van der Waals surface area contributed by atoms with Gasteiger partial charge < -0.3 is 5.32 Å². The quantitative estimate of drug-likeness (QED) is 0.659. The van der Waals surface area contributed by atoms with E-state index in [2.05, 4.69) is 20.5 Å². The predicted molar refractivity (Wildman–Crippen MR) is 93.3 cm³/mol. The molecule has 3 aromatic rings. The van der Waals surface area contributed by atoms with Gasteiger partial charge in [-0.2, -0.15) is 0 Å². The second kappa shape index (κ2) is 7.59. The fourth-order valence-corrected chi connectivity index (χ4v) is 3.38.